The number of methoxy groups -OCH3 is 1. The molecule has 30 heavy (non-hydrogen) atoms. The molecule has 4 heterocycles. The Balaban J connectivity index is 1.36. The van der Waals surface area contributed by atoms with Crippen LogP contribution in [0.4, 0.5) is 0 Å². The lowest BCUT2D eigenvalue weighted by atomic mass is 10.1. The summed E-state index contributed by atoms with van der Waals surface area (Å²) in [4.78, 5) is 25.6. The number of pyridine rings is 2. The van der Waals surface area contributed by atoms with Gasteiger partial charge in [-0.15, -0.1) is 0 Å². The lowest BCUT2D eigenvalue weighted by Crippen LogP contribution is -2.18. The molecule has 0 saturated heterocycles. The Morgan fingerprint density at radius 3 is 2.83 bits per heavy atom. The summed E-state index contributed by atoms with van der Waals surface area (Å²) in [5, 5.41) is 0. The molecule has 0 radical (unpaired) electrons. The first-order valence-electron chi connectivity index (χ1n) is 10.3. The maximum Gasteiger partial charge on any atom is 0.250 e. The molecule has 1 saturated carbocycles. The number of fused-ring (bicyclic) bond motifs is 1. The second-order valence-electron chi connectivity index (χ2n) is 7.96. The first-order valence-corrected chi connectivity index (χ1v) is 10.3. The van der Waals surface area contributed by atoms with Gasteiger partial charge in [0.2, 0.25) is 5.88 Å². The van der Waals surface area contributed by atoms with Gasteiger partial charge in [-0.2, -0.15) is 4.98 Å². The zero-order valence-corrected chi connectivity index (χ0v) is 17.2. The van der Waals surface area contributed by atoms with Crippen molar-refractivity contribution in [1.82, 2.24) is 19.5 Å². The molecule has 5 rings (SSSR count). The standard InChI is InChI=1S/C23H24N4O3/c1-14-24-12-19(17-6-8-22(28)27-9-3-4-21(17)27)23(26-14)30-13-15-10-18(15)20-7-5-16(29-2)11-25-20/h5-8,11-12,15,18H,3-4,9-10,13H2,1-2H3/t15-,18+/m1/s1. The van der Waals surface area contributed by atoms with Gasteiger partial charge in [0.15, 0.2) is 0 Å². The number of aryl methyl sites for hydroxylation is 1. The quantitative estimate of drug-likeness (QED) is 0.628. The monoisotopic (exact) mass is 404 g/mol. The van der Waals surface area contributed by atoms with Crippen LogP contribution in [0.3, 0.4) is 0 Å². The van der Waals surface area contributed by atoms with Crippen LogP contribution >= 0.6 is 0 Å². The summed E-state index contributed by atoms with van der Waals surface area (Å²) in [5.41, 5.74) is 4.02. The van der Waals surface area contributed by atoms with Crippen LogP contribution in [-0.4, -0.2) is 33.2 Å². The Morgan fingerprint density at radius 1 is 1.13 bits per heavy atom. The topological polar surface area (TPSA) is 79.1 Å². The van der Waals surface area contributed by atoms with Crippen LogP contribution in [0.15, 0.2) is 41.5 Å². The van der Waals surface area contributed by atoms with Gasteiger partial charge < -0.3 is 14.0 Å². The minimum absolute atomic E-state index is 0.0505. The third-order valence-electron chi connectivity index (χ3n) is 5.99. The second-order valence-corrected chi connectivity index (χ2v) is 7.96. The molecule has 2 aliphatic rings. The molecule has 1 aliphatic heterocycles. The molecule has 1 aliphatic carbocycles. The van der Waals surface area contributed by atoms with Crippen molar-refractivity contribution in [1.29, 1.82) is 0 Å². The van der Waals surface area contributed by atoms with Gasteiger partial charge in [0.25, 0.3) is 5.56 Å². The van der Waals surface area contributed by atoms with Crippen molar-refractivity contribution in [3.63, 3.8) is 0 Å². The summed E-state index contributed by atoms with van der Waals surface area (Å²) >= 11 is 0. The van der Waals surface area contributed by atoms with Crippen molar-refractivity contribution >= 4 is 0 Å². The number of nitrogens with zero attached hydrogens (tertiary/aromatic N) is 4. The third-order valence-corrected chi connectivity index (χ3v) is 5.99. The summed E-state index contributed by atoms with van der Waals surface area (Å²) in [6.07, 6.45) is 6.48. The van der Waals surface area contributed by atoms with E-state index in [2.05, 4.69) is 15.0 Å². The molecule has 0 spiro atoms. The normalized spacial score (nSPS) is 19.4. The van der Waals surface area contributed by atoms with E-state index in [9.17, 15) is 4.79 Å². The summed E-state index contributed by atoms with van der Waals surface area (Å²) < 4.78 is 13.2. The minimum Gasteiger partial charge on any atom is -0.495 e. The zero-order valence-electron chi connectivity index (χ0n) is 17.2. The molecule has 0 amide bonds. The zero-order chi connectivity index (χ0) is 20.7. The van der Waals surface area contributed by atoms with Gasteiger partial charge in [0, 0.05) is 47.6 Å². The van der Waals surface area contributed by atoms with Crippen LogP contribution in [0.5, 0.6) is 11.6 Å². The van der Waals surface area contributed by atoms with Crippen molar-refractivity contribution in [2.45, 2.75) is 38.6 Å². The van der Waals surface area contributed by atoms with Crippen molar-refractivity contribution in [2.75, 3.05) is 13.7 Å². The molecule has 7 heteroatoms. The Bertz CT molecular complexity index is 1140. The van der Waals surface area contributed by atoms with Crippen LogP contribution in [0, 0.1) is 12.8 Å². The van der Waals surface area contributed by atoms with Gasteiger partial charge in [-0.3, -0.25) is 9.78 Å². The van der Waals surface area contributed by atoms with Crippen LogP contribution in [0.2, 0.25) is 0 Å². The highest BCUT2D eigenvalue weighted by Gasteiger charge is 2.40. The average Bonchev–Trinajstić information content (AvgIpc) is 3.37. The van der Waals surface area contributed by atoms with E-state index >= 15 is 0 Å². The molecule has 7 nitrogen and oxygen atoms in total. The van der Waals surface area contributed by atoms with Gasteiger partial charge in [0.05, 0.1) is 25.5 Å². The molecule has 1 fully saturated rings. The van der Waals surface area contributed by atoms with Gasteiger partial charge in [-0.05, 0) is 44.4 Å². The third kappa shape index (κ3) is 3.44. The van der Waals surface area contributed by atoms with Gasteiger partial charge in [-0.1, -0.05) is 0 Å². The summed E-state index contributed by atoms with van der Waals surface area (Å²) in [6.45, 7) is 3.21. The predicted octanol–water partition coefficient (Wildman–Crippen LogP) is 3.15. The average molecular weight is 404 g/mol. The van der Waals surface area contributed by atoms with E-state index in [1.165, 1.54) is 0 Å². The van der Waals surface area contributed by atoms with E-state index in [-0.39, 0.29) is 5.56 Å². The van der Waals surface area contributed by atoms with E-state index in [1.807, 2.05) is 35.9 Å². The molecule has 0 aromatic carbocycles. The van der Waals surface area contributed by atoms with E-state index in [0.29, 0.717) is 30.1 Å². The Morgan fingerprint density at radius 2 is 2.03 bits per heavy atom. The highest BCUT2D eigenvalue weighted by Crippen LogP contribution is 2.47. The Labute approximate surface area is 174 Å². The fraction of sp³-hybridized carbons (Fsp3) is 0.391. The summed E-state index contributed by atoms with van der Waals surface area (Å²) in [6, 6.07) is 7.47. The predicted molar refractivity (Wildman–Crippen MR) is 112 cm³/mol. The molecule has 3 aromatic rings. The first-order chi connectivity index (χ1) is 14.6. The van der Waals surface area contributed by atoms with Crippen LogP contribution < -0.4 is 15.0 Å². The lowest BCUT2D eigenvalue weighted by Gasteiger charge is -2.14. The summed E-state index contributed by atoms with van der Waals surface area (Å²) in [5.74, 6) is 2.84. The maximum atomic E-state index is 12.2. The number of aromatic nitrogens is 4. The highest BCUT2D eigenvalue weighted by molar-refractivity contribution is 5.70. The number of rotatable bonds is 6. The van der Waals surface area contributed by atoms with Gasteiger partial charge in [-0.25, -0.2) is 4.98 Å². The van der Waals surface area contributed by atoms with E-state index in [0.717, 1.165) is 54.1 Å². The molecule has 0 unspecified atom stereocenters. The molecule has 154 valence electrons. The lowest BCUT2D eigenvalue weighted by molar-refractivity contribution is 0.285. The first kappa shape index (κ1) is 18.8. The van der Waals surface area contributed by atoms with Crippen LogP contribution in [0.25, 0.3) is 11.1 Å². The molecule has 0 bridgehead atoms. The largest absolute Gasteiger partial charge is 0.495 e. The maximum absolute atomic E-state index is 12.2. The molecular formula is C23H24N4O3. The minimum atomic E-state index is 0.0505. The molecule has 3 aromatic heterocycles. The van der Waals surface area contributed by atoms with Crippen molar-refractivity contribution in [2.24, 2.45) is 5.92 Å². The fourth-order valence-corrected chi connectivity index (χ4v) is 4.24. The fourth-order valence-electron chi connectivity index (χ4n) is 4.24. The van der Waals surface area contributed by atoms with E-state index in [1.54, 1.807) is 19.4 Å². The van der Waals surface area contributed by atoms with Crippen molar-refractivity contribution < 1.29 is 9.47 Å². The smallest absolute Gasteiger partial charge is 0.250 e. The van der Waals surface area contributed by atoms with Crippen molar-refractivity contribution in [3.8, 4) is 22.8 Å². The SMILES string of the molecule is COc1ccc([C@H]2C[C@@H]2COc2nc(C)ncc2-c2ccc(=O)n3c2CCC3)nc1. The highest BCUT2D eigenvalue weighted by atomic mass is 16.5. The molecule has 0 N–H and O–H groups in total. The van der Waals surface area contributed by atoms with E-state index < -0.39 is 0 Å². The number of ether oxygens (including phenoxy) is 2. The van der Waals surface area contributed by atoms with Crippen LogP contribution in [-0.2, 0) is 13.0 Å². The van der Waals surface area contributed by atoms with Crippen LogP contribution in [0.1, 0.15) is 36.0 Å². The van der Waals surface area contributed by atoms with E-state index in [4.69, 9.17) is 9.47 Å². The Kier molecular flexibility index (Phi) is 4.73. The van der Waals surface area contributed by atoms with Crippen molar-refractivity contribution in [3.05, 3.63) is 64.2 Å². The second kappa shape index (κ2) is 7.55. The van der Waals surface area contributed by atoms with Gasteiger partial charge in [0.1, 0.15) is 11.6 Å². The molecule has 2 atom stereocenters. The molecular weight excluding hydrogens is 380 g/mol. The summed E-state index contributed by atoms with van der Waals surface area (Å²) in [7, 11) is 1.64. The number of hydrogen-bond acceptors (Lipinski definition) is 6. The van der Waals surface area contributed by atoms with Gasteiger partial charge >= 0.3 is 0 Å². The Hall–Kier alpha value is -3.22. The number of hydrogen-bond donors (Lipinski definition) is 0.